The molecule has 0 aliphatic carbocycles. The number of hydrogen-bond acceptors (Lipinski definition) is 5. The molecule has 0 saturated heterocycles. The maximum absolute atomic E-state index is 9.10. The number of guanidine groups is 1. The fraction of sp³-hybridized carbons (Fsp3) is 0.100. The Labute approximate surface area is 87.1 Å². The Hall–Kier alpha value is -2.01. The third kappa shape index (κ3) is 2.26. The summed E-state index contributed by atoms with van der Waals surface area (Å²) in [5.74, 6) is 0.716. The summed E-state index contributed by atoms with van der Waals surface area (Å²) >= 11 is 0. The van der Waals surface area contributed by atoms with Crippen LogP contribution in [0.25, 0.3) is 0 Å². The first kappa shape index (κ1) is 9.54. The summed E-state index contributed by atoms with van der Waals surface area (Å²) in [5, 5.41) is 9.84. The number of hydroxylamine groups is 2. The van der Waals surface area contributed by atoms with Gasteiger partial charge in [0.2, 0.25) is 12.2 Å². The Bertz CT molecular complexity index is 389. The highest BCUT2D eigenvalue weighted by atomic mass is 16.5. The van der Waals surface area contributed by atoms with Gasteiger partial charge in [0.05, 0.1) is 0 Å². The summed E-state index contributed by atoms with van der Waals surface area (Å²) in [4.78, 5) is 3.92. The number of hydrogen-bond donors (Lipinski definition) is 2. The van der Waals surface area contributed by atoms with Crippen LogP contribution >= 0.6 is 0 Å². The molecule has 5 heteroatoms. The fourth-order valence-electron chi connectivity index (χ4n) is 1.17. The summed E-state index contributed by atoms with van der Waals surface area (Å²) in [7, 11) is 0. The van der Waals surface area contributed by atoms with Crippen LogP contribution in [-0.4, -0.2) is 22.5 Å². The molecule has 1 aliphatic heterocycles. The molecule has 1 aromatic rings. The van der Waals surface area contributed by atoms with E-state index < -0.39 is 6.23 Å². The van der Waals surface area contributed by atoms with Crippen LogP contribution in [-0.2, 0) is 0 Å². The second-order valence-electron chi connectivity index (χ2n) is 2.99. The quantitative estimate of drug-likeness (QED) is 0.753. The van der Waals surface area contributed by atoms with E-state index in [4.69, 9.17) is 15.7 Å². The van der Waals surface area contributed by atoms with E-state index in [2.05, 4.69) is 4.99 Å². The van der Waals surface area contributed by atoms with Gasteiger partial charge in [-0.3, -0.25) is 5.21 Å². The fourth-order valence-corrected chi connectivity index (χ4v) is 1.17. The molecule has 15 heavy (non-hydrogen) atoms. The van der Waals surface area contributed by atoms with Gasteiger partial charge in [-0.15, -0.1) is 0 Å². The molecule has 1 atom stereocenters. The molecule has 2 rings (SSSR count). The van der Waals surface area contributed by atoms with Crippen molar-refractivity contribution in [3.63, 3.8) is 0 Å². The molecule has 1 heterocycles. The standard InChI is InChI=1S/C10H11N3O2/c11-10-12-9(6-7-13(10)14)15-8-4-2-1-3-5-8/h1-7,9,14H,(H2,11,12). The van der Waals surface area contributed by atoms with Crippen LogP contribution in [0.15, 0.2) is 47.6 Å². The van der Waals surface area contributed by atoms with Crippen molar-refractivity contribution in [3.05, 3.63) is 42.6 Å². The lowest BCUT2D eigenvalue weighted by Crippen LogP contribution is -2.35. The minimum atomic E-state index is -0.490. The minimum absolute atomic E-state index is 0.0124. The molecule has 5 nitrogen and oxygen atoms in total. The Balaban J connectivity index is 2.06. The second-order valence-corrected chi connectivity index (χ2v) is 2.99. The first-order valence-electron chi connectivity index (χ1n) is 4.47. The lowest BCUT2D eigenvalue weighted by Gasteiger charge is -2.19. The molecular weight excluding hydrogens is 194 g/mol. The van der Waals surface area contributed by atoms with Gasteiger partial charge in [0.25, 0.3) is 0 Å². The highest BCUT2D eigenvalue weighted by Crippen LogP contribution is 2.13. The predicted octanol–water partition coefficient (Wildman–Crippen LogP) is 0.925. The lowest BCUT2D eigenvalue weighted by molar-refractivity contribution is 0.0296. The number of rotatable bonds is 2. The molecule has 0 fully saturated rings. The van der Waals surface area contributed by atoms with Crippen LogP contribution in [0.4, 0.5) is 0 Å². The molecule has 0 radical (unpaired) electrons. The van der Waals surface area contributed by atoms with E-state index in [1.165, 1.54) is 6.20 Å². The van der Waals surface area contributed by atoms with Crippen molar-refractivity contribution in [2.24, 2.45) is 10.7 Å². The zero-order valence-electron chi connectivity index (χ0n) is 7.95. The third-order valence-corrected chi connectivity index (χ3v) is 1.89. The molecule has 78 valence electrons. The van der Waals surface area contributed by atoms with Gasteiger partial charge in [0.1, 0.15) is 5.75 Å². The second kappa shape index (κ2) is 4.02. The Morgan fingerprint density at radius 1 is 1.33 bits per heavy atom. The van der Waals surface area contributed by atoms with Gasteiger partial charge in [-0.1, -0.05) is 18.2 Å². The number of benzene rings is 1. The van der Waals surface area contributed by atoms with Crippen LogP contribution in [0.5, 0.6) is 5.75 Å². The van der Waals surface area contributed by atoms with Crippen LogP contribution in [0.1, 0.15) is 0 Å². The number of nitrogens with zero attached hydrogens (tertiary/aromatic N) is 2. The van der Waals surface area contributed by atoms with E-state index in [-0.39, 0.29) is 5.96 Å². The maximum atomic E-state index is 9.10. The largest absolute Gasteiger partial charge is 0.465 e. The van der Waals surface area contributed by atoms with E-state index in [1.54, 1.807) is 6.08 Å². The van der Waals surface area contributed by atoms with Gasteiger partial charge >= 0.3 is 0 Å². The molecule has 0 amide bonds. The van der Waals surface area contributed by atoms with E-state index in [0.717, 1.165) is 5.06 Å². The molecule has 0 saturated carbocycles. The van der Waals surface area contributed by atoms with Crippen molar-refractivity contribution in [2.45, 2.75) is 6.23 Å². The van der Waals surface area contributed by atoms with Crippen molar-refractivity contribution in [1.82, 2.24) is 5.06 Å². The SMILES string of the molecule is NC1=NC(Oc2ccccc2)C=CN1O. The van der Waals surface area contributed by atoms with Crippen LogP contribution in [0.2, 0.25) is 0 Å². The minimum Gasteiger partial charge on any atom is -0.465 e. The van der Waals surface area contributed by atoms with Crippen molar-refractivity contribution >= 4 is 5.96 Å². The van der Waals surface area contributed by atoms with E-state index in [0.29, 0.717) is 5.75 Å². The van der Waals surface area contributed by atoms with Gasteiger partial charge in [-0.25, -0.2) is 4.99 Å². The van der Waals surface area contributed by atoms with Gasteiger partial charge in [-0.05, 0) is 18.2 Å². The van der Waals surface area contributed by atoms with Gasteiger partial charge < -0.3 is 10.5 Å². The first-order chi connectivity index (χ1) is 7.25. The third-order valence-electron chi connectivity index (χ3n) is 1.89. The van der Waals surface area contributed by atoms with Crippen molar-refractivity contribution < 1.29 is 9.94 Å². The Morgan fingerprint density at radius 2 is 2.07 bits per heavy atom. The van der Waals surface area contributed by atoms with Gasteiger partial charge in [-0.2, -0.15) is 5.06 Å². The Kier molecular flexibility index (Phi) is 2.55. The number of nitrogens with two attached hydrogens (primary N) is 1. The molecular formula is C10H11N3O2. The number of aliphatic imine (C=N–C) groups is 1. The maximum Gasteiger partial charge on any atom is 0.223 e. The van der Waals surface area contributed by atoms with Gasteiger partial charge in [0, 0.05) is 6.20 Å². The monoisotopic (exact) mass is 205 g/mol. The molecule has 0 spiro atoms. The predicted molar refractivity (Wildman–Crippen MR) is 55.2 cm³/mol. The van der Waals surface area contributed by atoms with Gasteiger partial charge in [0.15, 0.2) is 0 Å². The molecule has 1 unspecified atom stereocenters. The smallest absolute Gasteiger partial charge is 0.223 e. The van der Waals surface area contributed by atoms with Crippen LogP contribution in [0, 0.1) is 0 Å². The molecule has 1 aromatic carbocycles. The summed E-state index contributed by atoms with van der Waals surface area (Å²) in [6.45, 7) is 0. The average Bonchev–Trinajstić information content (AvgIpc) is 2.25. The topological polar surface area (TPSA) is 71.1 Å². The zero-order chi connectivity index (χ0) is 10.7. The number of para-hydroxylation sites is 1. The van der Waals surface area contributed by atoms with Crippen molar-refractivity contribution in [3.8, 4) is 5.75 Å². The highest BCUT2D eigenvalue weighted by Gasteiger charge is 2.13. The molecule has 0 bridgehead atoms. The lowest BCUT2D eigenvalue weighted by atomic mass is 10.3. The van der Waals surface area contributed by atoms with Crippen molar-refractivity contribution in [1.29, 1.82) is 0 Å². The highest BCUT2D eigenvalue weighted by molar-refractivity contribution is 5.78. The normalized spacial score (nSPS) is 19.9. The number of ether oxygens (including phenoxy) is 1. The average molecular weight is 205 g/mol. The molecule has 1 aliphatic rings. The summed E-state index contributed by atoms with van der Waals surface area (Å²) < 4.78 is 5.48. The molecule has 0 aromatic heterocycles. The van der Waals surface area contributed by atoms with Crippen LogP contribution < -0.4 is 10.5 Å². The van der Waals surface area contributed by atoms with Crippen molar-refractivity contribution in [2.75, 3.05) is 0 Å². The first-order valence-corrected chi connectivity index (χ1v) is 4.47. The summed E-state index contributed by atoms with van der Waals surface area (Å²) in [6, 6.07) is 9.28. The van der Waals surface area contributed by atoms with Crippen LogP contribution in [0.3, 0.4) is 0 Å². The van der Waals surface area contributed by atoms with E-state index >= 15 is 0 Å². The Morgan fingerprint density at radius 3 is 2.73 bits per heavy atom. The summed E-state index contributed by atoms with van der Waals surface area (Å²) in [5.41, 5.74) is 5.42. The molecule has 3 N–H and O–H groups in total. The van der Waals surface area contributed by atoms with E-state index in [1.807, 2.05) is 30.3 Å². The summed E-state index contributed by atoms with van der Waals surface area (Å²) in [6.07, 6.45) is 2.51. The zero-order valence-corrected chi connectivity index (χ0v) is 7.95. The van der Waals surface area contributed by atoms with E-state index in [9.17, 15) is 0 Å².